The number of piperidine rings is 1. The Kier molecular flexibility index (Phi) is 4.24. The predicted octanol–water partition coefficient (Wildman–Crippen LogP) is 3.21. The summed E-state index contributed by atoms with van der Waals surface area (Å²) in [5.41, 5.74) is 2.89. The molecule has 1 fully saturated rings. The Morgan fingerprint density at radius 1 is 1.41 bits per heavy atom. The summed E-state index contributed by atoms with van der Waals surface area (Å²) in [6.07, 6.45) is 3.21. The third-order valence-electron chi connectivity index (χ3n) is 4.59. The fraction of sp³-hybridized carbons (Fsp3) is 0.611. The Bertz CT molecular complexity index is 641. The molecule has 1 atom stereocenters. The molecule has 22 heavy (non-hydrogen) atoms. The highest BCUT2D eigenvalue weighted by atomic mass is 16.3. The van der Waals surface area contributed by atoms with Gasteiger partial charge < -0.3 is 15.0 Å². The Hall–Kier alpha value is -1.39. The zero-order valence-electron chi connectivity index (χ0n) is 13.9. The van der Waals surface area contributed by atoms with Gasteiger partial charge in [-0.05, 0) is 64.3 Å². The van der Waals surface area contributed by atoms with Crippen molar-refractivity contribution >= 4 is 11.0 Å². The van der Waals surface area contributed by atoms with E-state index in [-0.39, 0.29) is 0 Å². The standard InChI is InChI=1S/C18H27N3O/c1-13-6-7-15-16(11-13)20-17(19-15)14-5-4-9-21(12-14)10-8-18(2,3)22/h6-7,11,14,22H,4-5,8-10,12H2,1-3H3,(H,19,20)/t14-/m1/s1. The normalized spacial score (nSPS) is 20.6. The second-order valence-corrected chi connectivity index (χ2v) is 7.34. The van der Waals surface area contributed by atoms with E-state index >= 15 is 0 Å². The molecule has 0 spiro atoms. The van der Waals surface area contributed by atoms with Gasteiger partial charge in [-0.1, -0.05) is 6.07 Å². The lowest BCUT2D eigenvalue weighted by Gasteiger charge is -2.33. The molecule has 1 aromatic carbocycles. The van der Waals surface area contributed by atoms with Gasteiger partial charge in [0, 0.05) is 19.0 Å². The van der Waals surface area contributed by atoms with E-state index < -0.39 is 5.60 Å². The van der Waals surface area contributed by atoms with E-state index in [4.69, 9.17) is 4.98 Å². The molecule has 1 aliphatic rings. The molecule has 4 heteroatoms. The van der Waals surface area contributed by atoms with Crippen molar-refractivity contribution in [2.24, 2.45) is 0 Å². The number of aromatic nitrogens is 2. The molecule has 2 aromatic rings. The molecule has 1 aromatic heterocycles. The van der Waals surface area contributed by atoms with E-state index in [0.717, 1.165) is 42.9 Å². The van der Waals surface area contributed by atoms with Crippen LogP contribution >= 0.6 is 0 Å². The van der Waals surface area contributed by atoms with Crippen molar-refractivity contribution < 1.29 is 5.11 Å². The summed E-state index contributed by atoms with van der Waals surface area (Å²) in [7, 11) is 0. The number of benzene rings is 1. The highest BCUT2D eigenvalue weighted by Gasteiger charge is 2.25. The minimum Gasteiger partial charge on any atom is -0.390 e. The molecule has 2 N–H and O–H groups in total. The van der Waals surface area contributed by atoms with Crippen molar-refractivity contribution in [2.45, 2.75) is 51.6 Å². The maximum Gasteiger partial charge on any atom is 0.111 e. The molecule has 4 nitrogen and oxygen atoms in total. The minimum atomic E-state index is -0.580. The van der Waals surface area contributed by atoms with E-state index in [2.05, 4.69) is 35.0 Å². The summed E-state index contributed by atoms with van der Waals surface area (Å²) >= 11 is 0. The zero-order valence-corrected chi connectivity index (χ0v) is 13.9. The van der Waals surface area contributed by atoms with Crippen molar-refractivity contribution in [3.8, 4) is 0 Å². The molecule has 0 amide bonds. The van der Waals surface area contributed by atoms with E-state index in [1.54, 1.807) is 0 Å². The average Bonchev–Trinajstić information content (AvgIpc) is 2.88. The molecule has 2 heterocycles. The van der Waals surface area contributed by atoms with Crippen LogP contribution in [-0.2, 0) is 0 Å². The number of hydrogen-bond donors (Lipinski definition) is 2. The SMILES string of the molecule is Cc1ccc2nc([C@@H]3CCCN(CCC(C)(C)O)C3)[nH]c2c1. The molecule has 0 aliphatic carbocycles. The zero-order chi connectivity index (χ0) is 15.7. The van der Waals surface area contributed by atoms with Gasteiger partial charge in [-0.3, -0.25) is 0 Å². The van der Waals surface area contributed by atoms with Gasteiger partial charge >= 0.3 is 0 Å². The topological polar surface area (TPSA) is 52.1 Å². The smallest absolute Gasteiger partial charge is 0.111 e. The first-order valence-corrected chi connectivity index (χ1v) is 8.32. The molecule has 1 aliphatic heterocycles. The Labute approximate surface area is 132 Å². The largest absolute Gasteiger partial charge is 0.390 e. The van der Waals surface area contributed by atoms with Crippen LogP contribution in [0, 0.1) is 6.92 Å². The van der Waals surface area contributed by atoms with Crippen LogP contribution in [0.4, 0.5) is 0 Å². The molecule has 3 rings (SSSR count). The third-order valence-corrected chi connectivity index (χ3v) is 4.59. The van der Waals surface area contributed by atoms with Gasteiger partial charge in [-0.25, -0.2) is 4.98 Å². The summed E-state index contributed by atoms with van der Waals surface area (Å²) in [5.74, 6) is 1.59. The van der Waals surface area contributed by atoms with E-state index in [1.807, 2.05) is 13.8 Å². The second kappa shape index (κ2) is 6.01. The van der Waals surface area contributed by atoms with Gasteiger partial charge in [-0.2, -0.15) is 0 Å². The number of hydrogen-bond acceptors (Lipinski definition) is 3. The first-order valence-electron chi connectivity index (χ1n) is 8.32. The molecule has 0 bridgehead atoms. The molecule has 1 saturated heterocycles. The summed E-state index contributed by atoms with van der Waals surface area (Å²) in [5, 5.41) is 9.91. The van der Waals surface area contributed by atoms with E-state index in [0.29, 0.717) is 5.92 Å². The molecular formula is C18H27N3O. The first-order chi connectivity index (χ1) is 10.4. The van der Waals surface area contributed by atoms with Gasteiger partial charge in [0.05, 0.1) is 16.6 Å². The number of H-pyrrole nitrogens is 1. The van der Waals surface area contributed by atoms with Crippen LogP contribution < -0.4 is 0 Å². The van der Waals surface area contributed by atoms with Crippen LogP contribution in [0.5, 0.6) is 0 Å². The van der Waals surface area contributed by atoms with Gasteiger partial charge in [0.1, 0.15) is 5.82 Å². The number of fused-ring (bicyclic) bond motifs is 1. The number of aromatic amines is 1. The number of likely N-dealkylation sites (tertiary alicyclic amines) is 1. The van der Waals surface area contributed by atoms with E-state index in [1.165, 1.54) is 18.4 Å². The molecule has 0 radical (unpaired) electrons. The summed E-state index contributed by atoms with van der Waals surface area (Å²) in [6, 6.07) is 6.38. The monoisotopic (exact) mass is 301 g/mol. The highest BCUT2D eigenvalue weighted by Crippen LogP contribution is 2.27. The Morgan fingerprint density at radius 3 is 3.00 bits per heavy atom. The van der Waals surface area contributed by atoms with E-state index in [9.17, 15) is 5.11 Å². The van der Waals surface area contributed by atoms with Crippen molar-refractivity contribution in [3.05, 3.63) is 29.6 Å². The highest BCUT2D eigenvalue weighted by molar-refractivity contribution is 5.75. The van der Waals surface area contributed by atoms with Crippen LogP contribution in [0.25, 0.3) is 11.0 Å². The van der Waals surface area contributed by atoms with Crippen LogP contribution in [0.15, 0.2) is 18.2 Å². The lowest BCUT2D eigenvalue weighted by atomic mass is 9.96. The van der Waals surface area contributed by atoms with Crippen LogP contribution in [-0.4, -0.2) is 45.2 Å². The van der Waals surface area contributed by atoms with Crippen molar-refractivity contribution in [3.63, 3.8) is 0 Å². The maximum absolute atomic E-state index is 9.91. The predicted molar refractivity (Wildman–Crippen MR) is 90.2 cm³/mol. The molecular weight excluding hydrogens is 274 g/mol. The third kappa shape index (κ3) is 3.68. The number of imidazole rings is 1. The maximum atomic E-state index is 9.91. The molecule has 0 saturated carbocycles. The number of nitrogens with one attached hydrogen (secondary N) is 1. The van der Waals surface area contributed by atoms with Crippen molar-refractivity contribution in [1.29, 1.82) is 0 Å². The quantitative estimate of drug-likeness (QED) is 0.911. The fourth-order valence-corrected chi connectivity index (χ4v) is 3.25. The summed E-state index contributed by atoms with van der Waals surface area (Å²) < 4.78 is 0. The lowest BCUT2D eigenvalue weighted by molar-refractivity contribution is 0.0533. The van der Waals surface area contributed by atoms with Crippen LogP contribution in [0.3, 0.4) is 0 Å². The summed E-state index contributed by atoms with van der Waals surface area (Å²) in [6.45, 7) is 9.01. The number of aliphatic hydroxyl groups is 1. The number of aryl methyl sites for hydroxylation is 1. The van der Waals surface area contributed by atoms with Gasteiger partial charge in [0.2, 0.25) is 0 Å². The van der Waals surface area contributed by atoms with Crippen molar-refractivity contribution in [1.82, 2.24) is 14.9 Å². The van der Waals surface area contributed by atoms with Crippen molar-refractivity contribution in [2.75, 3.05) is 19.6 Å². The first kappa shape index (κ1) is 15.5. The number of rotatable bonds is 4. The minimum absolute atomic E-state index is 0.475. The van der Waals surface area contributed by atoms with Gasteiger partial charge in [0.15, 0.2) is 0 Å². The van der Waals surface area contributed by atoms with Crippen LogP contribution in [0.2, 0.25) is 0 Å². The molecule has 120 valence electrons. The van der Waals surface area contributed by atoms with Gasteiger partial charge in [-0.15, -0.1) is 0 Å². The molecule has 0 unspecified atom stereocenters. The summed E-state index contributed by atoms with van der Waals surface area (Å²) in [4.78, 5) is 10.8. The number of nitrogens with zero attached hydrogens (tertiary/aromatic N) is 2. The average molecular weight is 301 g/mol. The second-order valence-electron chi connectivity index (χ2n) is 7.34. The Morgan fingerprint density at radius 2 is 2.23 bits per heavy atom. The van der Waals surface area contributed by atoms with Gasteiger partial charge in [0.25, 0.3) is 0 Å². The van der Waals surface area contributed by atoms with Crippen LogP contribution in [0.1, 0.15) is 50.4 Å². The fourth-order valence-electron chi connectivity index (χ4n) is 3.25. The lowest BCUT2D eigenvalue weighted by Crippen LogP contribution is -2.38. The Balaban J connectivity index is 1.70.